The van der Waals surface area contributed by atoms with Crippen LogP contribution in [-0.2, 0) is 16.1 Å². The Kier molecular flexibility index (Phi) is 4.42. The molecular formula is C8H12ClN3O2. The summed E-state index contributed by atoms with van der Waals surface area (Å²) in [6.45, 7) is 1.25. The van der Waals surface area contributed by atoms with Crippen molar-refractivity contribution >= 4 is 23.3 Å². The highest BCUT2D eigenvalue weighted by Gasteiger charge is 2.02. The van der Waals surface area contributed by atoms with Crippen molar-refractivity contribution < 1.29 is 9.53 Å². The molecule has 5 nitrogen and oxygen atoms in total. The summed E-state index contributed by atoms with van der Waals surface area (Å²) >= 11 is 5.33. The van der Waals surface area contributed by atoms with Gasteiger partial charge in [0.1, 0.15) is 5.88 Å². The first-order valence-corrected chi connectivity index (χ1v) is 4.68. The number of hydrogen-bond donors (Lipinski definition) is 1. The van der Waals surface area contributed by atoms with Crippen molar-refractivity contribution in [3.8, 4) is 0 Å². The van der Waals surface area contributed by atoms with Gasteiger partial charge in [-0.1, -0.05) is 0 Å². The first kappa shape index (κ1) is 11.0. The zero-order valence-electron chi connectivity index (χ0n) is 7.86. The van der Waals surface area contributed by atoms with Crippen LogP contribution in [0.15, 0.2) is 12.3 Å². The fourth-order valence-electron chi connectivity index (χ4n) is 0.914. The van der Waals surface area contributed by atoms with E-state index in [0.717, 1.165) is 0 Å². The van der Waals surface area contributed by atoms with E-state index in [4.69, 9.17) is 16.3 Å². The molecule has 0 aromatic carbocycles. The zero-order valence-corrected chi connectivity index (χ0v) is 8.62. The normalized spacial score (nSPS) is 10.1. The number of aromatic nitrogens is 2. The van der Waals surface area contributed by atoms with Crippen molar-refractivity contribution in [2.75, 3.05) is 24.9 Å². The lowest BCUT2D eigenvalue weighted by molar-refractivity contribution is -0.113. The Morgan fingerprint density at radius 1 is 1.79 bits per heavy atom. The molecule has 0 saturated carbocycles. The molecule has 0 bridgehead atoms. The second-order valence-corrected chi connectivity index (χ2v) is 2.91. The van der Waals surface area contributed by atoms with Gasteiger partial charge in [0, 0.05) is 19.4 Å². The molecule has 0 spiro atoms. The molecule has 0 aliphatic carbocycles. The first-order valence-electron chi connectivity index (χ1n) is 4.14. The lowest BCUT2D eigenvalue weighted by atomic mass is 10.6. The number of nitrogens with one attached hydrogen (secondary N) is 1. The molecule has 0 fully saturated rings. The van der Waals surface area contributed by atoms with Crippen LogP contribution in [0.5, 0.6) is 0 Å². The summed E-state index contributed by atoms with van der Waals surface area (Å²) in [6.07, 6.45) is 1.77. The Morgan fingerprint density at radius 3 is 3.21 bits per heavy atom. The van der Waals surface area contributed by atoms with Gasteiger partial charge in [-0.25, -0.2) is 0 Å². The number of hydrogen-bond acceptors (Lipinski definition) is 3. The average molecular weight is 218 g/mol. The first-order chi connectivity index (χ1) is 6.76. The monoisotopic (exact) mass is 217 g/mol. The van der Waals surface area contributed by atoms with E-state index in [-0.39, 0.29) is 11.8 Å². The molecule has 14 heavy (non-hydrogen) atoms. The third-order valence-electron chi connectivity index (χ3n) is 1.55. The lowest BCUT2D eigenvalue weighted by Gasteiger charge is -1.99. The number of methoxy groups -OCH3 is 1. The third-order valence-corrected chi connectivity index (χ3v) is 1.80. The van der Waals surface area contributed by atoms with Crippen molar-refractivity contribution in [1.29, 1.82) is 0 Å². The number of amides is 1. The second kappa shape index (κ2) is 5.62. The Bertz CT molecular complexity index is 301. The molecule has 78 valence electrons. The molecule has 0 aliphatic rings. The zero-order chi connectivity index (χ0) is 10.4. The van der Waals surface area contributed by atoms with Crippen molar-refractivity contribution in [3.05, 3.63) is 12.3 Å². The average Bonchev–Trinajstić information content (AvgIpc) is 2.62. The highest BCUT2D eigenvalue weighted by Crippen LogP contribution is 2.02. The molecule has 0 atom stereocenters. The van der Waals surface area contributed by atoms with Gasteiger partial charge in [0.05, 0.1) is 13.2 Å². The Balaban J connectivity index is 2.46. The van der Waals surface area contributed by atoms with Crippen LogP contribution >= 0.6 is 11.6 Å². The summed E-state index contributed by atoms with van der Waals surface area (Å²) in [5, 5.41) is 6.63. The largest absolute Gasteiger partial charge is 0.383 e. The number of nitrogens with zero attached hydrogens (tertiary/aromatic N) is 2. The molecule has 0 unspecified atom stereocenters. The van der Waals surface area contributed by atoms with E-state index in [0.29, 0.717) is 19.0 Å². The fourth-order valence-corrected chi connectivity index (χ4v) is 0.981. The highest BCUT2D eigenvalue weighted by atomic mass is 35.5. The summed E-state index contributed by atoms with van der Waals surface area (Å²) < 4.78 is 6.58. The van der Waals surface area contributed by atoms with Gasteiger partial charge < -0.3 is 10.1 Å². The number of alkyl halides is 1. The van der Waals surface area contributed by atoms with Crippen LogP contribution in [-0.4, -0.2) is 35.3 Å². The van der Waals surface area contributed by atoms with Gasteiger partial charge in [-0.05, 0) is 0 Å². The van der Waals surface area contributed by atoms with Gasteiger partial charge >= 0.3 is 0 Å². The quantitative estimate of drug-likeness (QED) is 0.739. The van der Waals surface area contributed by atoms with Crippen LogP contribution in [0.3, 0.4) is 0 Å². The molecule has 1 rings (SSSR count). The van der Waals surface area contributed by atoms with E-state index < -0.39 is 0 Å². The molecule has 1 N–H and O–H groups in total. The van der Waals surface area contributed by atoms with Crippen LogP contribution in [0, 0.1) is 0 Å². The standard InChI is InChI=1S/C8H12ClN3O2/c1-14-5-4-12-3-2-7(11-12)10-8(13)6-9/h2-3H,4-6H2,1H3,(H,10,11,13). The lowest BCUT2D eigenvalue weighted by Crippen LogP contribution is -2.13. The molecular weight excluding hydrogens is 206 g/mol. The summed E-state index contributed by atoms with van der Waals surface area (Å²) in [5.41, 5.74) is 0. The third kappa shape index (κ3) is 3.35. The number of anilines is 1. The molecule has 6 heteroatoms. The van der Waals surface area contributed by atoms with Crippen molar-refractivity contribution in [2.45, 2.75) is 6.54 Å². The van der Waals surface area contributed by atoms with Crippen LogP contribution < -0.4 is 5.32 Å². The van der Waals surface area contributed by atoms with Gasteiger partial charge in [0.2, 0.25) is 5.91 Å². The van der Waals surface area contributed by atoms with Crippen molar-refractivity contribution in [2.24, 2.45) is 0 Å². The van der Waals surface area contributed by atoms with Gasteiger partial charge in [-0.2, -0.15) is 5.10 Å². The van der Waals surface area contributed by atoms with Crippen LogP contribution in [0.2, 0.25) is 0 Å². The van der Waals surface area contributed by atoms with E-state index in [1.807, 2.05) is 0 Å². The van der Waals surface area contributed by atoms with Crippen LogP contribution in [0.25, 0.3) is 0 Å². The van der Waals surface area contributed by atoms with Gasteiger partial charge in [-0.3, -0.25) is 9.48 Å². The Hall–Kier alpha value is -1.07. The number of ether oxygens (including phenoxy) is 1. The maximum atomic E-state index is 10.9. The molecule has 1 aromatic rings. The summed E-state index contributed by atoms with van der Waals surface area (Å²) in [4.78, 5) is 10.9. The Morgan fingerprint density at radius 2 is 2.57 bits per heavy atom. The second-order valence-electron chi connectivity index (χ2n) is 2.64. The number of halogens is 1. The predicted molar refractivity (Wildman–Crippen MR) is 53.5 cm³/mol. The Labute approximate surface area is 87.0 Å². The van der Waals surface area contributed by atoms with Crippen LogP contribution in [0.4, 0.5) is 5.82 Å². The molecule has 1 aromatic heterocycles. The van der Waals surface area contributed by atoms with E-state index in [9.17, 15) is 4.79 Å². The molecule has 1 amide bonds. The predicted octanol–water partition coefficient (Wildman–Crippen LogP) is 0.707. The van der Waals surface area contributed by atoms with E-state index in [1.165, 1.54) is 0 Å². The van der Waals surface area contributed by atoms with E-state index >= 15 is 0 Å². The molecule has 1 heterocycles. The van der Waals surface area contributed by atoms with Crippen molar-refractivity contribution in [1.82, 2.24) is 9.78 Å². The fraction of sp³-hybridized carbons (Fsp3) is 0.500. The van der Waals surface area contributed by atoms with Crippen molar-refractivity contribution in [3.63, 3.8) is 0 Å². The van der Waals surface area contributed by atoms with Gasteiger partial charge in [-0.15, -0.1) is 11.6 Å². The van der Waals surface area contributed by atoms with Crippen LogP contribution in [0.1, 0.15) is 0 Å². The smallest absolute Gasteiger partial charge is 0.240 e. The van der Waals surface area contributed by atoms with Gasteiger partial charge in [0.25, 0.3) is 0 Å². The molecule has 0 saturated heterocycles. The molecule has 0 radical (unpaired) electrons. The minimum absolute atomic E-state index is 0.0646. The summed E-state index contributed by atoms with van der Waals surface area (Å²) in [6, 6.07) is 1.71. The summed E-state index contributed by atoms with van der Waals surface area (Å²) in [7, 11) is 1.62. The maximum Gasteiger partial charge on any atom is 0.240 e. The van der Waals surface area contributed by atoms with E-state index in [2.05, 4.69) is 10.4 Å². The maximum absolute atomic E-state index is 10.9. The topological polar surface area (TPSA) is 56.1 Å². The van der Waals surface area contributed by atoms with E-state index in [1.54, 1.807) is 24.1 Å². The number of carbonyl (C=O) groups is 1. The summed E-state index contributed by atoms with van der Waals surface area (Å²) in [5.74, 6) is 0.181. The SMILES string of the molecule is COCCn1ccc(NC(=O)CCl)n1. The minimum atomic E-state index is -0.261. The van der Waals surface area contributed by atoms with Gasteiger partial charge in [0.15, 0.2) is 5.82 Å². The molecule has 0 aliphatic heterocycles. The minimum Gasteiger partial charge on any atom is -0.383 e. The highest BCUT2D eigenvalue weighted by molar-refractivity contribution is 6.28. The number of carbonyl (C=O) groups excluding carboxylic acids is 1. The number of rotatable bonds is 5.